The van der Waals surface area contributed by atoms with E-state index in [2.05, 4.69) is 32.9 Å². The summed E-state index contributed by atoms with van der Waals surface area (Å²) in [7, 11) is 0. The fourth-order valence-electron chi connectivity index (χ4n) is 2.23. The summed E-state index contributed by atoms with van der Waals surface area (Å²) in [6.07, 6.45) is 1.05. The maximum Gasteiger partial charge on any atom is 0.129 e. The zero-order valence-corrected chi connectivity index (χ0v) is 14.0. The molecule has 0 radical (unpaired) electrons. The van der Waals surface area contributed by atoms with Gasteiger partial charge in [0, 0.05) is 10.6 Å². The van der Waals surface area contributed by atoms with Crippen LogP contribution in [0.15, 0.2) is 42.5 Å². The fraction of sp³-hybridized carbons (Fsp3) is 0.333. The number of halogens is 3. The summed E-state index contributed by atoms with van der Waals surface area (Å²) in [6.45, 7) is 6.57. The SMILES string of the molecule is CCC(C)(C)c1ccc(C(Cl)c2c(F)cccc2Cl)cc1. The highest BCUT2D eigenvalue weighted by Gasteiger charge is 2.21. The molecule has 0 bridgehead atoms. The van der Waals surface area contributed by atoms with Crippen molar-refractivity contribution in [3.63, 3.8) is 0 Å². The van der Waals surface area contributed by atoms with Crippen molar-refractivity contribution in [3.05, 3.63) is 70.0 Å². The van der Waals surface area contributed by atoms with Crippen molar-refractivity contribution in [2.45, 2.75) is 38.0 Å². The minimum atomic E-state index is -0.586. The molecule has 0 N–H and O–H groups in total. The quantitative estimate of drug-likeness (QED) is 0.563. The molecule has 0 heterocycles. The van der Waals surface area contributed by atoms with E-state index in [9.17, 15) is 4.39 Å². The van der Waals surface area contributed by atoms with Crippen LogP contribution in [0, 0.1) is 5.82 Å². The summed E-state index contributed by atoms with van der Waals surface area (Å²) in [5, 5.41) is -0.231. The fourth-order valence-corrected chi connectivity index (χ4v) is 2.92. The standard InChI is InChI=1S/C18H19Cl2F/c1-4-18(2,3)13-10-8-12(9-11-13)17(20)16-14(19)6-5-7-15(16)21/h5-11,17H,4H2,1-3H3. The molecule has 0 aliphatic rings. The Kier molecular flexibility index (Phi) is 4.95. The molecule has 21 heavy (non-hydrogen) atoms. The summed E-state index contributed by atoms with van der Waals surface area (Å²) < 4.78 is 13.9. The van der Waals surface area contributed by atoms with Gasteiger partial charge in [0.1, 0.15) is 5.82 Å². The lowest BCUT2D eigenvalue weighted by atomic mass is 9.82. The van der Waals surface area contributed by atoms with Crippen LogP contribution >= 0.6 is 23.2 Å². The van der Waals surface area contributed by atoms with Crippen LogP contribution in [0.4, 0.5) is 4.39 Å². The van der Waals surface area contributed by atoms with Gasteiger partial charge in [-0.2, -0.15) is 0 Å². The van der Waals surface area contributed by atoms with Crippen molar-refractivity contribution in [3.8, 4) is 0 Å². The highest BCUT2D eigenvalue weighted by molar-refractivity contribution is 6.33. The van der Waals surface area contributed by atoms with E-state index in [1.54, 1.807) is 12.1 Å². The van der Waals surface area contributed by atoms with Gasteiger partial charge < -0.3 is 0 Å². The highest BCUT2D eigenvalue weighted by Crippen LogP contribution is 2.36. The van der Waals surface area contributed by atoms with Gasteiger partial charge in [0.15, 0.2) is 0 Å². The predicted molar refractivity (Wildman–Crippen MR) is 88.9 cm³/mol. The van der Waals surface area contributed by atoms with Crippen LogP contribution in [-0.4, -0.2) is 0 Å². The maximum atomic E-state index is 13.9. The molecule has 0 aliphatic heterocycles. The average Bonchev–Trinajstić information content (AvgIpc) is 2.47. The Balaban J connectivity index is 2.35. The molecule has 0 aromatic heterocycles. The Morgan fingerprint density at radius 1 is 1.10 bits per heavy atom. The van der Waals surface area contributed by atoms with Gasteiger partial charge in [-0.25, -0.2) is 4.39 Å². The van der Waals surface area contributed by atoms with E-state index in [1.807, 2.05) is 12.1 Å². The Hall–Kier alpha value is -1.05. The molecular weight excluding hydrogens is 306 g/mol. The summed E-state index contributed by atoms with van der Waals surface area (Å²) >= 11 is 12.5. The van der Waals surface area contributed by atoms with E-state index in [0.717, 1.165) is 12.0 Å². The molecule has 0 nitrogen and oxygen atoms in total. The van der Waals surface area contributed by atoms with Gasteiger partial charge in [0.05, 0.1) is 5.38 Å². The summed E-state index contributed by atoms with van der Waals surface area (Å²) in [6, 6.07) is 12.6. The van der Waals surface area contributed by atoms with Crippen LogP contribution in [0.5, 0.6) is 0 Å². The first-order chi connectivity index (χ1) is 9.86. The monoisotopic (exact) mass is 324 g/mol. The largest absolute Gasteiger partial charge is 0.207 e. The van der Waals surface area contributed by atoms with Crippen LogP contribution < -0.4 is 0 Å². The summed E-state index contributed by atoms with van der Waals surface area (Å²) in [5.41, 5.74) is 2.55. The van der Waals surface area contributed by atoms with E-state index in [1.165, 1.54) is 11.6 Å². The minimum Gasteiger partial charge on any atom is -0.207 e. The Bertz CT molecular complexity index is 597. The topological polar surface area (TPSA) is 0 Å². The van der Waals surface area contributed by atoms with Crippen molar-refractivity contribution >= 4 is 23.2 Å². The average molecular weight is 325 g/mol. The molecule has 0 spiro atoms. The van der Waals surface area contributed by atoms with E-state index in [0.29, 0.717) is 10.6 Å². The first-order valence-electron chi connectivity index (χ1n) is 7.05. The van der Waals surface area contributed by atoms with Gasteiger partial charge in [0.2, 0.25) is 0 Å². The van der Waals surface area contributed by atoms with Crippen molar-refractivity contribution in [1.82, 2.24) is 0 Å². The third-order valence-corrected chi connectivity index (χ3v) is 4.92. The molecule has 2 aromatic carbocycles. The molecule has 0 fully saturated rings. The summed E-state index contributed by atoms with van der Waals surface area (Å²) in [5.74, 6) is -0.375. The lowest BCUT2D eigenvalue weighted by Gasteiger charge is -2.24. The molecule has 0 amide bonds. The molecule has 1 atom stereocenters. The van der Waals surface area contributed by atoms with Crippen LogP contribution in [-0.2, 0) is 5.41 Å². The predicted octanol–water partition coefficient (Wildman–Crippen LogP) is 6.49. The van der Waals surface area contributed by atoms with Crippen LogP contribution in [0.25, 0.3) is 0 Å². The number of hydrogen-bond acceptors (Lipinski definition) is 0. The smallest absolute Gasteiger partial charge is 0.129 e. The third-order valence-electron chi connectivity index (χ3n) is 4.12. The lowest BCUT2D eigenvalue weighted by molar-refractivity contribution is 0.506. The van der Waals surface area contributed by atoms with E-state index in [4.69, 9.17) is 23.2 Å². The second-order valence-corrected chi connectivity index (χ2v) is 6.70. The molecule has 3 heteroatoms. The minimum absolute atomic E-state index is 0.121. The van der Waals surface area contributed by atoms with E-state index in [-0.39, 0.29) is 11.2 Å². The lowest BCUT2D eigenvalue weighted by Crippen LogP contribution is -2.15. The van der Waals surface area contributed by atoms with Crippen molar-refractivity contribution < 1.29 is 4.39 Å². The van der Waals surface area contributed by atoms with Crippen molar-refractivity contribution in [2.24, 2.45) is 0 Å². The molecule has 0 aliphatic carbocycles. The normalized spacial score (nSPS) is 13.2. The van der Waals surface area contributed by atoms with Gasteiger partial charge in [-0.1, -0.05) is 62.7 Å². The number of hydrogen-bond donors (Lipinski definition) is 0. The third kappa shape index (κ3) is 3.41. The zero-order valence-electron chi connectivity index (χ0n) is 12.5. The van der Waals surface area contributed by atoms with Gasteiger partial charge in [-0.15, -0.1) is 11.6 Å². The summed E-state index contributed by atoms with van der Waals surface area (Å²) in [4.78, 5) is 0. The molecule has 1 unspecified atom stereocenters. The Labute approximate surface area is 135 Å². The first-order valence-corrected chi connectivity index (χ1v) is 7.86. The van der Waals surface area contributed by atoms with Gasteiger partial charge in [-0.05, 0) is 35.1 Å². The highest BCUT2D eigenvalue weighted by atomic mass is 35.5. The molecule has 0 saturated carbocycles. The van der Waals surface area contributed by atoms with Crippen molar-refractivity contribution in [2.75, 3.05) is 0 Å². The zero-order chi connectivity index (χ0) is 15.6. The van der Waals surface area contributed by atoms with Crippen LogP contribution in [0.2, 0.25) is 5.02 Å². The van der Waals surface area contributed by atoms with E-state index >= 15 is 0 Å². The first kappa shape index (κ1) is 16.3. The van der Waals surface area contributed by atoms with E-state index < -0.39 is 5.38 Å². The molecule has 2 aromatic rings. The second-order valence-electron chi connectivity index (χ2n) is 5.86. The van der Waals surface area contributed by atoms with Crippen LogP contribution in [0.1, 0.15) is 49.3 Å². The molecule has 112 valence electrons. The number of rotatable bonds is 4. The van der Waals surface area contributed by atoms with Gasteiger partial charge in [0.25, 0.3) is 0 Å². The molecule has 2 rings (SSSR count). The van der Waals surface area contributed by atoms with Crippen molar-refractivity contribution in [1.29, 1.82) is 0 Å². The maximum absolute atomic E-state index is 13.9. The number of benzene rings is 2. The Morgan fingerprint density at radius 2 is 1.71 bits per heavy atom. The molecular formula is C18H19Cl2F. The van der Waals surface area contributed by atoms with Crippen LogP contribution in [0.3, 0.4) is 0 Å². The Morgan fingerprint density at radius 3 is 2.24 bits per heavy atom. The number of alkyl halides is 1. The van der Waals surface area contributed by atoms with Gasteiger partial charge in [-0.3, -0.25) is 0 Å². The second kappa shape index (κ2) is 6.37. The van der Waals surface area contributed by atoms with Gasteiger partial charge >= 0.3 is 0 Å². The molecule has 0 saturated heterocycles.